The van der Waals surface area contributed by atoms with Gasteiger partial charge in [-0.25, -0.2) is 0 Å². The van der Waals surface area contributed by atoms with Gasteiger partial charge in [0.05, 0.1) is 19.6 Å². The number of hydrogen-bond donors (Lipinski definition) is 0. The van der Waals surface area contributed by atoms with E-state index in [1.807, 2.05) is 0 Å². The Morgan fingerprint density at radius 3 is 2.08 bits per heavy atom. The third-order valence-corrected chi connectivity index (χ3v) is 5.80. The molecule has 0 heterocycles. The highest BCUT2D eigenvalue weighted by atomic mass is 16.5. The predicted molar refractivity (Wildman–Crippen MR) is 112 cm³/mol. The molecule has 0 spiro atoms. The van der Waals surface area contributed by atoms with Gasteiger partial charge in [-0.1, -0.05) is 54.6 Å². The van der Waals surface area contributed by atoms with E-state index >= 15 is 0 Å². The Morgan fingerprint density at radius 2 is 1.38 bits per heavy atom. The molecule has 3 aromatic rings. The first-order valence-electron chi connectivity index (χ1n) is 9.77. The van der Waals surface area contributed by atoms with Crippen LogP contribution < -0.4 is 4.74 Å². The van der Waals surface area contributed by atoms with Crippen molar-refractivity contribution in [3.8, 4) is 16.9 Å². The second-order valence-electron chi connectivity index (χ2n) is 6.91. The molecule has 0 saturated heterocycles. The largest absolute Gasteiger partial charge is 0.488 e. The van der Waals surface area contributed by atoms with Gasteiger partial charge in [-0.2, -0.15) is 0 Å². The van der Waals surface area contributed by atoms with Crippen LogP contribution in [-0.4, -0.2) is 37.3 Å². The van der Waals surface area contributed by atoms with Crippen LogP contribution in [-0.2, 0) is 0 Å². The Morgan fingerprint density at radius 1 is 0.731 bits per heavy atom. The summed E-state index contributed by atoms with van der Waals surface area (Å²) in [5.41, 5.74) is 2.50. The van der Waals surface area contributed by atoms with E-state index in [-0.39, 0.29) is 0 Å². The zero-order valence-corrected chi connectivity index (χ0v) is 16.2. The Bertz CT molecular complexity index is 821. The van der Waals surface area contributed by atoms with E-state index in [1.54, 1.807) is 0 Å². The topological polar surface area (TPSA) is 9.23 Å². The lowest BCUT2D eigenvalue weighted by atomic mass is 9.98. The summed E-state index contributed by atoms with van der Waals surface area (Å²) in [6, 6.07) is 23.5. The molecular formula is C24H30NO+. The van der Waals surface area contributed by atoms with Gasteiger partial charge in [-0.05, 0) is 54.8 Å². The van der Waals surface area contributed by atoms with Crippen molar-refractivity contribution in [1.82, 2.24) is 0 Å². The molecular weight excluding hydrogens is 318 g/mol. The maximum absolute atomic E-state index is 6.03. The van der Waals surface area contributed by atoms with E-state index in [9.17, 15) is 0 Å². The fourth-order valence-electron chi connectivity index (χ4n) is 3.71. The first kappa shape index (κ1) is 18.5. The number of rotatable bonds is 8. The van der Waals surface area contributed by atoms with Crippen LogP contribution in [0.4, 0.5) is 0 Å². The van der Waals surface area contributed by atoms with Crippen LogP contribution in [0.2, 0.25) is 0 Å². The first-order valence-corrected chi connectivity index (χ1v) is 9.77. The van der Waals surface area contributed by atoms with Crippen LogP contribution in [0.25, 0.3) is 21.9 Å². The number of benzene rings is 3. The average molecular weight is 349 g/mol. The summed E-state index contributed by atoms with van der Waals surface area (Å²) in [5.74, 6) is 0.954. The van der Waals surface area contributed by atoms with Crippen molar-refractivity contribution in [3.63, 3.8) is 0 Å². The van der Waals surface area contributed by atoms with Crippen molar-refractivity contribution in [2.45, 2.75) is 20.8 Å². The van der Waals surface area contributed by atoms with Gasteiger partial charge in [-0.15, -0.1) is 0 Å². The van der Waals surface area contributed by atoms with E-state index in [0.717, 1.165) is 43.0 Å². The van der Waals surface area contributed by atoms with Crippen molar-refractivity contribution in [2.24, 2.45) is 0 Å². The van der Waals surface area contributed by atoms with E-state index in [4.69, 9.17) is 4.74 Å². The Hall–Kier alpha value is -2.32. The lowest BCUT2D eigenvalue weighted by Crippen LogP contribution is -2.49. The molecule has 26 heavy (non-hydrogen) atoms. The third-order valence-electron chi connectivity index (χ3n) is 5.80. The highest BCUT2D eigenvalue weighted by Gasteiger charge is 2.20. The molecule has 0 saturated carbocycles. The molecule has 136 valence electrons. The van der Waals surface area contributed by atoms with E-state index in [1.165, 1.54) is 21.9 Å². The van der Waals surface area contributed by atoms with Gasteiger partial charge in [0.25, 0.3) is 0 Å². The van der Waals surface area contributed by atoms with Gasteiger partial charge in [-0.3, -0.25) is 0 Å². The number of fused-ring (bicyclic) bond motifs is 1. The smallest absolute Gasteiger partial charge is 0.137 e. The summed E-state index contributed by atoms with van der Waals surface area (Å²) in [7, 11) is 0. The van der Waals surface area contributed by atoms with Gasteiger partial charge < -0.3 is 9.22 Å². The summed E-state index contributed by atoms with van der Waals surface area (Å²) in [6.45, 7) is 12.1. The maximum Gasteiger partial charge on any atom is 0.137 e. The fourth-order valence-corrected chi connectivity index (χ4v) is 3.71. The summed E-state index contributed by atoms with van der Waals surface area (Å²) >= 11 is 0. The van der Waals surface area contributed by atoms with Crippen LogP contribution in [0.15, 0.2) is 66.7 Å². The zero-order valence-electron chi connectivity index (χ0n) is 16.2. The molecule has 0 unspecified atom stereocenters. The van der Waals surface area contributed by atoms with Gasteiger partial charge in [0.15, 0.2) is 0 Å². The van der Waals surface area contributed by atoms with Gasteiger partial charge in [0, 0.05) is 0 Å². The predicted octanol–water partition coefficient (Wildman–Crippen LogP) is 5.76. The van der Waals surface area contributed by atoms with Crippen molar-refractivity contribution >= 4 is 10.8 Å². The second kappa shape index (κ2) is 8.37. The van der Waals surface area contributed by atoms with Crippen LogP contribution in [0.1, 0.15) is 20.8 Å². The lowest BCUT2D eigenvalue weighted by Gasteiger charge is -2.35. The van der Waals surface area contributed by atoms with Crippen molar-refractivity contribution in [3.05, 3.63) is 66.7 Å². The molecule has 0 radical (unpaired) electrons. The Labute approximate surface area is 157 Å². The Balaban J connectivity index is 1.71. The molecule has 0 aliphatic rings. The molecule has 3 rings (SSSR count). The van der Waals surface area contributed by atoms with Crippen molar-refractivity contribution in [1.29, 1.82) is 0 Å². The van der Waals surface area contributed by atoms with Crippen LogP contribution >= 0.6 is 0 Å². The molecule has 2 heteroatoms. The van der Waals surface area contributed by atoms with Gasteiger partial charge in [0.1, 0.15) is 18.9 Å². The maximum atomic E-state index is 6.03. The molecule has 3 aromatic carbocycles. The minimum Gasteiger partial charge on any atom is -0.488 e. The molecule has 0 fully saturated rings. The normalized spacial score (nSPS) is 11.7. The zero-order chi connectivity index (χ0) is 18.4. The minimum atomic E-state index is 0.767. The standard InChI is InChI=1S/C24H30NO/c1-4-25(5-2,6-3)18-19-26-22-16-14-21(15-17-22)24-13-9-11-20-10-7-8-12-23(20)24/h7-17H,4-6,18-19H2,1-3H3/q+1. The van der Waals surface area contributed by atoms with Crippen LogP contribution in [0.3, 0.4) is 0 Å². The van der Waals surface area contributed by atoms with Crippen LogP contribution in [0, 0.1) is 0 Å². The quantitative estimate of drug-likeness (QED) is 0.470. The molecule has 0 aliphatic heterocycles. The number of hydrogen-bond acceptors (Lipinski definition) is 1. The molecule has 0 atom stereocenters. The lowest BCUT2D eigenvalue weighted by molar-refractivity contribution is -0.923. The van der Waals surface area contributed by atoms with E-state index in [2.05, 4.69) is 87.5 Å². The summed E-state index contributed by atoms with van der Waals surface area (Å²) in [4.78, 5) is 0. The van der Waals surface area contributed by atoms with Crippen molar-refractivity contribution in [2.75, 3.05) is 32.8 Å². The fraction of sp³-hybridized carbons (Fsp3) is 0.333. The molecule has 2 nitrogen and oxygen atoms in total. The SMILES string of the molecule is CC[N+](CC)(CC)CCOc1ccc(-c2cccc3ccccc23)cc1. The van der Waals surface area contributed by atoms with Gasteiger partial charge >= 0.3 is 0 Å². The highest BCUT2D eigenvalue weighted by Crippen LogP contribution is 2.29. The summed E-state index contributed by atoms with van der Waals surface area (Å²) < 4.78 is 7.15. The van der Waals surface area contributed by atoms with Crippen LogP contribution in [0.5, 0.6) is 5.75 Å². The molecule has 0 aromatic heterocycles. The number of quaternary nitrogens is 1. The molecule has 0 bridgehead atoms. The summed E-state index contributed by atoms with van der Waals surface area (Å²) in [6.07, 6.45) is 0. The highest BCUT2D eigenvalue weighted by molar-refractivity contribution is 5.96. The molecule has 0 N–H and O–H groups in total. The second-order valence-corrected chi connectivity index (χ2v) is 6.91. The summed E-state index contributed by atoms with van der Waals surface area (Å²) in [5, 5.41) is 2.57. The monoisotopic (exact) mass is 348 g/mol. The molecule has 0 amide bonds. The number of ether oxygens (including phenoxy) is 1. The third kappa shape index (κ3) is 3.91. The first-order chi connectivity index (χ1) is 12.7. The van der Waals surface area contributed by atoms with E-state index in [0.29, 0.717) is 0 Å². The minimum absolute atomic E-state index is 0.767. The molecule has 0 aliphatic carbocycles. The van der Waals surface area contributed by atoms with E-state index < -0.39 is 0 Å². The Kier molecular flexibility index (Phi) is 5.95. The number of nitrogens with zero attached hydrogens (tertiary/aromatic N) is 1. The van der Waals surface area contributed by atoms with Crippen molar-refractivity contribution < 1.29 is 9.22 Å². The van der Waals surface area contributed by atoms with Gasteiger partial charge in [0.2, 0.25) is 0 Å². The number of likely N-dealkylation sites (N-methyl/N-ethyl adjacent to an activating group) is 1. The average Bonchev–Trinajstić information content (AvgIpc) is 2.72.